The Hall–Kier alpha value is -2.02. The molecule has 0 bridgehead atoms. The fourth-order valence-electron chi connectivity index (χ4n) is 2.61. The molecule has 2 amide bonds. The summed E-state index contributed by atoms with van der Waals surface area (Å²) < 4.78 is 10.4. The van der Waals surface area contributed by atoms with Crippen LogP contribution in [0.25, 0.3) is 0 Å². The van der Waals surface area contributed by atoms with Gasteiger partial charge in [0.2, 0.25) is 0 Å². The molecule has 0 aliphatic carbocycles. The number of carbonyl (C=O) groups excluding carboxylic acids is 2. The first-order chi connectivity index (χ1) is 11.0. The second-order valence-electron chi connectivity index (χ2n) is 7.74. The Bertz CT molecular complexity index is 575. The van der Waals surface area contributed by atoms with Crippen LogP contribution in [0.3, 0.4) is 0 Å². The van der Waals surface area contributed by atoms with Gasteiger partial charge in [-0.3, -0.25) is 0 Å². The first kappa shape index (κ1) is 20.0. The topological polar surface area (TPSA) is 77.3 Å². The summed E-state index contributed by atoms with van der Waals surface area (Å²) in [5.41, 5.74) is 0.830. The fraction of sp³-hybridized carbons (Fsp3) is 0.529. The molecule has 0 saturated heterocycles. The van der Waals surface area contributed by atoms with Gasteiger partial charge in [0.1, 0.15) is 6.61 Å². The number of benzene rings is 1. The van der Waals surface area contributed by atoms with Crippen LogP contribution >= 0.6 is 0 Å². The lowest BCUT2D eigenvalue weighted by Crippen LogP contribution is -2.39. The van der Waals surface area contributed by atoms with Crippen molar-refractivity contribution in [3.05, 3.63) is 35.9 Å². The van der Waals surface area contributed by atoms with Crippen LogP contribution in [0.2, 0.25) is 10.1 Å². The molecule has 1 aromatic rings. The number of hydrogen-bond acceptors (Lipinski definition) is 4. The molecule has 24 heavy (non-hydrogen) atoms. The van der Waals surface area contributed by atoms with Gasteiger partial charge in [0.15, 0.2) is 0 Å². The molecule has 0 N–H and O–H groups in total. The van der Waals surface area contributed by atoms with Crippen molar-refractivity contribution < 1.29 is 18.8 Å². The Morgan fingerprint density at radius 2 is 1.42 bits per heavy atom. The number of nitrogens with zero attached hydrogens (tertiary/aromatic N) is 2. The highest BCUT2D eigenvalue weighted by atomic mass is 28.3. The molecule has 0 spiro atoms. The molecule has 1 aromatic carbocycles. The van der Waals surface area contributed by atoms with E-state index >= 15 is 0 Å². The minimum atomic E-state index is -1.95. The molecule has 0 heterocycles. The van der Waals surface area contributed by atoms with E-state index in [1.165, 1.54) is 0 Å². The van der Waals surface area contributed by atoms with E-state index in [1.54, 1.807) is 0 Å². The van der Waals surface area contributed by atoms with Crippen molar-refractivity contribution in [3.63, 3.8) is 0 Å². The third-order valence-corrected chi connectivity index (χ3v) is 6.79. The Morgan fingerprint density at radius 3 is 1.92 bits per heavy atom. The van der Waals surface area contributed by atoms with Crippen molar-refractivity contribution in [2.45, 2.75) is 58.2 Å². The van der Waals surface area contributed by atoms with E-state index in [2.05, 4.69) is 10.2 Å². The van der Waals surface area contributed by atoms with Crippen molar-refractivity contribution in [1.29, 1.82) is 0 Å². The van der Waals surface area contributed by atoms with Gasteiger partial charge < -0.3 is 9.16 Å². The zero-order valence-electron chi connectivity index (χ0n) is 15.2. The lowest BCUT2D eigenvalue weighted by Gasteiger charge is -2.36. The molecule has 0 atom stereocenters. The summed E-state index contributed by atoms with van der Waals surface area (Å²) in [6.45, 7) is 12.3. The second kappa shape index (κ2) is 8.19. The highest BCUT2D eigenvalue weighted by Gasteiger charge is 2.41. The molecule has 0 fully saturated rings. The Kier molecular flexibility index (Phi) is 6.83. The zero-order valence-corrected chi connectivity index (χ0v) is 16.4. The number of azo groups is 1. The lowest BCUT2D eigenvalue weighted by atomic mass is 10.2. The zero-order chi connectivity index (χ0) is 18.4. The summed E-state index contributed by atoms with van der Waals surface area (Å²) in [4.78, 5) is 23.4. The van der Waals surface area contributed by atoms with Gasteiger partial charge in [-0.25, -0.2) is 9.59 Å². The molecular formula is C17H26N2O4Si. The third kappa shape index (κ3) is 7.04. The van der Waals surface area contributed by atoms with Crippen molar-refractivity contribution >= 4 is 21.2 Å². The van der Waals surface area contributed by atoms with Crippen LogP contribution in [0.1, 0.15) is 47.1 Å². The summed E-state index contributed by atoms with van der Waals surface area (Å²) in [6.07, 6.45) is -1.76. The minimum absolute atomic E-state index is 0.0785. The van der Waals surface area contributed by atoms with E-state index in [4.69, 9.17) is 9.16 Å². The van der Waals surface area contributed by atoms with Crippen LogP contribution in [0, 0.1) is 0 Å². The van der Waals surface area contributed by atoms with Gasteiger partial charge in [-0.15, -0.1) is 0 Å². The standard InChI is InChI=1S/C17H26N2O4Si/c1-16(2,3)24(17(4,5)6)23-15(21)19-18-14(20)22-12-13-10-8-7-9-11-13/h7-11,24H,12H2,1-6H3. The van der Waals surface area contributed by atoms with Gasteiger partial charge in [-0.2, -0.15) is 0 Å². The van der Waals surface area contributed by atoms with E-state index < -0.39 is 21.2 Å². The highest BCUT2D eigenvalue weighted by molar-refractivity contribution is 6.60. The molecule has 132 valence electrons. The smallest absolute Gasteiger partial charge is 0.452 e. The monoisotopic (exact) mass is 350 g/mol. The number of hydrogen-bond donors (Lipinski definition) is 0. The number of amides is 2. The molecule has 0 unspecified atom stereocenters. The normalized spacial score (nSPS) is 12.5. The third-order valence-electron chi connectivity index (χ3n) is 3.21. The highest BCUT2D eigenvalue weighted by Crippen LogP contribution is 2.42. The van der Waals surface area contributed by atoms with E-state index in [0.29, 0.717) is 0 Å². The van der Waals surface area contributed by atoms with Gasteiger partial charge in [0.05, 0.1) is 0 Å². The van der Waals surface area contributed by atoms with E-state index in [9.17, 15) is 9.59 Å². The Morgan fingerprint density at radius 1 is 0.917 bits per heavy atom. The quantitative estimate of drug-likeness (QED) is 0.552. The predicted octanol–water partition coefficient (Wildman–Crippen LogP) is 5.24. The second-order valence-corrected chi connectivity index (χ2v) is 12.2. The average Bonchev–Trinajstić information content (AvgIpc) is 2.47. The van der Waals surface area contributed by atoms with Gasteiger partial charge in [0, 0.05) is 0 Å². The molecule has 0 aromatic heterocycles. The maximum Gasteiger partial charge on any atom is 0.452 e. The van der Waals surface area contributed by atoms with Crippen molar-refractivity contribution in [2.24, 2.45) is 10.2 Å². The van der Waals surface area contributed by atoms with Crippen LogP contribution in [0.15, 0.2) is 40.6 Å². The van der Waals surface area contributed by atoms with Gasteiger partial charge in [-0.05, 0) is 15.6 Å². The number of carbonyl (C=O) groups is 2. The molecule has 0 saturated carbocycles. The van der Waals surface area contributed by atoms with E-state index in [0.717, 1.165) is 5.56 Å². The van der Waals surface area contributed by atoms with Crippen molar-refractivity contribution in [1.82, 2.24) is 0 Å². The maximum absolute atomic E-state index is 11.9. The fourth-order valence-corrected chi connectivity index (χ4v) is 6.16. The molecule has 1 rings (SSSR count). The van der Waals surface area contributed by atoms with Gasteiger partial charge >= 0.3 is 12.2 Å². The summed E-state index contributed by atoms with van der Waals surface area (Å²) in [7, 11) is -1.95. The van der Waals surface area contributed by atoms with Crippen LogP contribution in [0.5, 0.6) is 0 Å². The van der Waals surface area contributed by atoms with Crippen molar-refractivity contribution in [3.8, 4) is 0 Å². The van der Waals surface area contributed by atoms with Gasteiger partial charge in [-0.1, -0.05) is 82.1 Å². The SMILES string of the molecule is CC(C)(C)[SiH](OC(=O)N=NC(=O)OCc1ccccc1)C(C)(C)C. The number of rotatable bonds is 3. The largest absolute Gasteiger partial charge is 0.503 e. The van der Waals surface area contributed by atoms with Crippen LogP contribution < -0.4 is 0 Å². The van der Waals surface area contributed by atoms with Crippen LogP contribution in [0.4, 0.5) is 9.59 Å². The van der Waals surface area contributed by atoms with E-state index in [-0.39, 0.29) is 16.7 Å². The minimum Gasteiger partial charge on any atom is -0.503 e. The summed E-state index contributed by atoms with van der Waals surface area (Å²) >= 11 is 0. The molecular weight excluding hydrogens is 324 g/mol. The first-order valence-corrected chi connectivity index (χ1v) is 9.46. The Labute approximate surface area is 145 Å². The molecule has 0 aliphatic heterocycles. The predicted molar refractivity (Wildman–Crippen MR) is 94.5 cm³/mol. The van der Waals surface area contributed by atoms with Crippen LogP contribution in [-0.2, 0) is 15.8 Å². The molecule has 6 nitrogen and oxygen atoms in total. The summed E-state index contributed by atoms with van der Waals surface area (Å²) in [5.74, 6) is 0. The molecule has 0 radical (unpaired) electrons. The maximum atomic E-state index is 11.9. The Balaban J connectivity index is 2.56. The average molecular weight is 350 g/mol. The molecule has 7 heteroatoms. The first-order valence-electron chi connectivity index (χ1n) is 7.83. The van der Waals surface area contributed by atoms with Gasteiger partial charge in [0.25, 0.3) is 9.04 Å². The lowest BCUT2D eigenvalue weighted by molar-refractivity contribution is 0.147. The van der Waals surface area contributed by atoms with E-state index in [1.807, 2.05) is 71.9 Å². The number of ether oxygens (including phenoxy) is 1. The van der Waals surface area contributed by atoms with Crippen LogP contribution in [-0.4, -0.2) is 21.2 Å². The van der Waals surface area contributed by atoms with Crippen molar-refractivity contribution in [2.75, 3.05) is 0 Å². The summed E-state index contributed by atoms with van der Waals surface area (Å²) in [6, 6.07) is 9.19. The summed E-state index contributed by atoms with van der Waals surface area (Å²) in [5, 5.41) is 6.34. The molecule has 0 aliphatic rings.